The second-order valence-corrected chi connectivity index (χ2v) is 5.85. The largest absolute Gasteiger partial charge is 0.463 e. The molecule has 2 heterocycles. The lowest BCUT2D eigenvalue weighted by molar-refractivity contribution is -0.160. The standard InChI is InChI=1S/C15H20O6/c1-9-2-3-12(14(16)20-7-10-5-18-10)13(4-9)15(17)21-8-11-6-19-11/h4,10-13H,2-3,5-8H2,1H3. The number of carbonyl (C=O) groups is 2. The Hall–Kier alpha value is -1.40. The third kappa shape index (κ3) is 4.04. The molecule has 6 nitrogen and oxygen atoms in total. The molecule has 6 heteroatoms. The van der Waals surface area contributed by atoms with Gasteiger partial charge in [-0.1, -0.05) is 11.6 Å². The zero-order valence-corrected chi connectivity index (χ0v) is 12.1. The highest BCUT2D eigenvalue weighted by Gasteiger charge is 2.38. The molecule has 0 aromatic carbocycles. The Morgan fingerprint density at radius 2 is 1.71 bits per heavy atom. The van der Waals surface area contributed by atoms with Gasteiger partial charge in [0.2, 0.25) is 0 Å². The first-order valence-electron chi connectivity index (χ1n) is 7.37. The topological polar surface area (TPSA) is 77.7 Å². The molecule has 0 N–H and O–H groups in total. The number of ether oxygens (including phenoxy) is 4. The smallest absolute Gasteiger partial charge is 0.313 e. The van der Waals surface area contributed by atoms with Crippen LogP contribution in [0.2, 0.25) is 0 Å². The molecule has 4 atom stereocenters. The fourth-order valence-electron chi connectivity index (χ4n) is 2.45. The number of esters is 2. The quantitative estimate of drug-likeness (QED) is 0.411. The Labute approximate surface area is 123 Å². The first-order chi connectivity index (χ1) is 10.1. The van der Waals surface area contributed by atoms with E-state index in [-0.39, 0.29) is 37.4 Å². The van der Waals surface area contributed by atoms with Crippen LogP contribution in [0.25, 0.3) is 0 Å². The van der Waals surface area contributed by atoms with Crippen LogP contribution in [0, 0.1) is 11.8 Å². The number of hydrogen-bond acceptors (Lipinski definition) is 6. The van der Waals surface area contributed by atoms with Gasteiger partial charge in [-0.3, -0.25) is 9.59 Å². The van der Waals surface area contributed by atoms with E-state index in [1.807, 2.05) is 13.0 Å². The van der Waals surface area contributed by atoms with Crippen LogP contribution in [0.4, 0.5) is 0 Å². The summed E-state index contributed by atoms with van der Waals surface area (Å²) in [4.78, 5) is 24.3. The second kappa shape index (κ2) is 6.15. The predicted octanol–water partition coefficient (Wildman–Crippen LogP) is 0.843. The lowest BCUT2D eigenvalue weighted by atomic mass is 9.81. The van der Waals surface area contributed by atoms with Crippen molar-refractivity contribution in [2.24, 2.45) is 11.8 Å². The van der Waals surface area contributed by atoms with Crippen LogP contribution in [0.15, 0.2) is 11.6 Å². The minimum atomic E-state index is -0.551. The third-order valence-corrected chi connectivity index (χ3v) is 3.95. The summed E-state index contributed by atoms with van der Waals surface area (Å²) in [5.74, 6) is -1.71. The number of rotatable bonds is 6. The summed E-state index contributed by atoms with van der Waals surface area (Å²) in [7, 11) is 0. The van der Waals surface area contributed by atoms with Gasteiger partial charge in [-0.2, -0.15) is 0 Å². The van der Waals surface area contributed by atoms with Gasteiger partial charge >= 0.3 is 11.9 Å². The molecule has 21 heavy (non-hydrogen) atoms. The van der Waals surface area contributed by atoms with Gasteiger partial charge < -0.3 is 18.9 Å². The van der Waals surface area contributed by atoms with Crippen molar-refractivity contribution >= 4 is 11.9 Å². The number of hydrogen-bond donors (Lipinski definition) is 0. The highest BCUT2D eigenvalue weighted by molar-refractivity contribution is 5.84. The van der Waals surface area contributed by atoms with Gasteiger partial charge in [0.25, 0.3) is 0 Å². The predicted molar refractivity (Wildman–Crippen MR) is 71.4 cm³/mol. The summed E-state index contributed by atoms with van der Waals surface area (Å²) in [6.07, 6.45) is 3.31. The molecule has 3 rings (SSSR count). The van der Waals surface area contributed by atoms with Crippen molar-refractivity contribution in [1.82, 2.24) is 0 Å². The van der Waals surface area contributed by atoms with E-state index in [1.165, 1.54) is 0 Å². The SMILES string of the molecule is CC1=CC(C(=O)OCC2CO2)C(C(=O)OCC2CO2)CC1. The number of allylic oxidation sites excluding steroid dienone is 1. The van der Waals surface area contributed by atoms with Crippen LogP contribution >= 0.6 is 0 Å². The van der Waals surface area contributed by atoms with Gasteiger partial charge in [-0.15, -0.1) is 0 Å². The molecule has 2 fully saturated rings. The Kier molecular flexibility index (Phi) is 4.26. The molecule has 3 aliphatic rings. The molecule has 1 aliphatic carbocycles. The molecule has 0 aromatic rings. The van der Waals surface area contributed by atoms with Crippen molar-refractivity contribution in [2.45, 2.75) is 32.0 Å². The van der Waals surface area contributed by atoms with Gasteiger partial charge in [0.1, 0.15) is 25.4 Å². The molecular weight excluding hydrogens is 276 g/mol. The van der Waals surface area contributed by atoms with E-state index in [1.54, 1.807) is 0 Å². The lowest BCUT2D eigenvalue weighted by Crippen LogP contribution is -2.34. The normalized spacial score (nSPS) is 33.9. The van der Waals surface area contributed by atoms with Gasteiger partial charge in [-0.05, 0) is 19.8 Å². The molecule has 0 spiro atoms. The molecule has 0 amide bonds. The fraction of sp³-hybridized carbons (Fsp3) is 0.733. The van der Waals surface area contributed by atoms with Crippen molar-refractivity contribution < 1.29 is 28.5 Å². The van der Waals surface area contributed by atoms with Gasteiger partial charge in [0, 0.05) is 0 Å². The van der Waals surface area contributed by atoms with E-state index in [0.717, 1.165) is 12.0 Å². The Morgan fingerprint density at radius 1 is 1.14 bits per heavy atom. The second-order valence-electron chi connectivity index (χ2n) is 5.85. The maximum absolute atomic E-state index is 12.2. The monoisotopic (exact) mass is 296 g/mol. The Bertz CT molecular complexity index is 449. The van der Waals surface area contributed by atoms with E-state index >= 15 is 0 Å². The summed E-state index contributed by atoms with van der Waals surface area (Å²) >= 11 is 0. The van der Waals surface area contributed by atoms with Gasteiger partial charge in [0.15, 0.2) is 0 Å². The average molecular weight is 296 g/mol. The first kappa shape index (κ1) is 14.5. The molecule has 0 bridgehead atoms. The Morgan fingerprint density at radius 3 is 2.29 bits per heavy atom. The van der Waals surface area contributed by atoms with Crippen LogP contribution in [0.1, 0.15) is 19.8 Å². The van der Waals surface area contributed by atoms with Gasteiger partial charge in [0.05, 0.1) is 25.0 Å². The van der Waals surface area contributed by atoms with Gasteiger partial charge in [-0.25, -0.2) is 0 Å². The van der Waals surface area contributed by atoms with Crippen molar-refractivity contribution in [3.63, 3.8) is 0 Å². The summed E-state index contributed by atoms with van der Waals surface area (Å²) in [5, 5.41) is 0. The minimum Gasteiger partial charge on any atom is -0.463 e. The molecule has 2 aliphatic heterocycles. The molecular formula is C15H20O6. The summed E-state index contributed by atoms with van der Waals surface area (Å²) < 4.78 is 20.5. The van der Waals surface area contributed by atoms with E-state index in [0.29, 0.717) is 19.6 Å². The van der Waals surface area contributed by atoms with Crippen molar-refractivity contribution in [3.05, 3.63) is 11.6 Å². The fourth-order valence-corrected chi connectivity index (χ4v) is 2.45. The number of carbonyl (C=O) groups excluding carboxylic acids is 2. The average Bonchev–Trinajstić information content (AvgIpc) is 3.36. The van der Waals surface area contributed by atoms with Crippen molar-refractivity contribution in [2.75, 3.05) is 26.4 Å². The van der Waals surface area contributed by atoms with Crippen LogP contribution in [0.3, 0.4) is 0 Å². The highest BCUT2D eigenvalue weighted by Crippen LogP contribution is 2.31. The summed E-state index contributed by atoms with van der Waals surface area (Å²) in [6.45, 7) is 3.78. The van der Waals surface area contributed by atoms with Crippen molar-refractivity contribution in [1.29, 1.82) is 0 Å². The Balaban J connectivity index is 1.58. The zero-order chi connectivity index (χ0) is 14.8. The van der Waals surface area contributed by atoms with E-state index < -0.39 is 11.8 Å². The molecule has 4 unspecified atom stereocenters. The third-order valence-electron chi connectivity index (χ3n) is 3.95. The number of epoxide rings is 2. The van der Waals surface area contributed by atoms with E-state index in [4.69, 9.17) is 18.9 Å². The minimum absolute atomic E-state index is 0.0278. The molecule has 0 saturated carbocycles. The first-order valence-corrected chi connectivity index (χ1v) is 7.37. The molecule has 0 radical (unpaired) electrons. The van der Waals surface area contributed by atoms with E-state index in [2.05, 4.69) is 0 Å². The molecule has 2 saturated heterocycles. The van der Waals surface area contributed by atoms with E-state index in [9.17, 15) is 9.59 Å². The van der Waals surface area contributed by atoms with Crippen LogP contribution in [-0.4, -0.2) is 50.6 Å². The maximum atomic E-state index is 12.2. The summed E-state index contributed by atoms with van der Waals surface area (Å²) in [6, 6.07) is 0. The van der Waals surface area contributed by atoms with Crippen molar-refractivity contribution in [3.8, 4) is 0 Å². The van der Waals surface area contributed by atoms with Crippen LogP contribution in [-0.2, 0) is 28.5 Å². The molecule has 0 aromatic heterocycles. The van der Waals surface area contributed by atoms with Crippen LogP contribution < -0.4 is 0 Å². The van der Waals surface area contributed by atoms with Crippen LogP contribution in [0.5, 0.6) is 0 Å². The summed E-state index contributed by atoms with van der Waals surface area (Å²) in [5.41, 5.74) is 1.11. The molecule has 116 valence electrons. The highest BCUT2D eigenvalue weighted by atomic mass is 16.6. The maximum Gasteiger partial charge on any atom is 0.313 e. The lowest BCUT2D eigenvalue weighted by Gasteiger charge is -2.26. The zero-order valence-electron chi connectivity index (χ0n) is 12.1.